The molecule has 0 aliphatic heterocycles. The van der Waals surface area contributed by atoms with Gasteiger partial charge in [-0.3, -0.25) is 0 Å². The second-order valence-electron chi connectivity index (χ2n) is 3.91. The predicted octanol–water partition coefficient (Wildman–Crippen LogP) is 5.18. The zero-order valence-electron chi connectivity index (χ0n) is 9.32. The highest BCUT2D eigenvalue weighted by molar-refractivity contribution is 9.09. The number of halogens is 1. The Morgan fingerprint density at radius 2 is 1.88 bits per heavy atom. The molecular formula is C14H15BrS. The van der Waals surface area contributed by atoms with Crippen molar-refractivity contribution in [2.75, 3.05) is 0 Å². The molecule has 16 heavy (non-hydrogen) atoms. The third-order valence-electron chi connectivity index (χ3n) is 2.65. The Balaban J connectivity index is 2.15. The van der Waals surface area contributed by atoms with Crippen LogP contribution < -0.4 is 0 Å². The third kappa shape index (κ3) is 2.74. The van der Waals surface area contributed by atoms with Gasteiger partial charge >= 0.3 is 0 Å². The molecule has 0 spiro atoms. The fourth-order valence-electron chi connectivity index (χ4n) is 1.75. The van der Waals surface area contributed by atoms with E-state index in [0.29, 0.717) is 4.83 Å². The summed E-state index contributed by atoms with van der Waals surface area (Å²) in [4.78, 5) is 0.328. The lowest BCUT2D eigenvalue weighted by Gasteiger charge is -2.09. The van der Waals surface area contributed by atoms with Crippen LogP contribution in [0.5, 0.6) is 0 Å². The molecule has 0 bridgehead atoms. The smallest absolute Gasteiger partial charge is 0.0652 e. The predicted molar refractivity (Wildman–Crippen MR) is 75.5 cm³/mol. The van der Waals surface area contributed by atoms with Gasteiger partial charge in [-0.05, 0) is 39.9 Å². The monoisotopic (exact) mass is 294 g/mol. The molecule has 0 aliphatic rings. The van der Waals surface area contributed by atoms with Gasteiger partial charge in [0, 0.05) is 0 Å². The molecule has 1 atom stereocenters. The molecule has 0 nitrogen and oxygen atoms in total. The van der Waals surface area contributed by atoms with Crippen LogP contribution in [0.3, 0.4) is 0 Å². The van der Waals surface area contributed by atoms with Crippen LogP contribution in [-0.4, -0.2) is 0 Å². The maximum Gasteiger partial charge on any atom is 0.0652 e. The number of alkyl halides is 1. The van der Waals surface area contributed by atoms with Gasteiger partial charge in [-0.2, -0.15) is 11.3 Å². The molecule has 0 saturated carbocycles. The van der Waals surface area contributed by atoms with Crippen LogP contribution in [0.15, 0.2) is 41.1 Å². The maximum atomic E-state index is 3.74. The molecule has 84 valence electrons. The molecule has 0 aliphatic carbocycles. The van der Waals surface area contributed by atoms with Crippen LogP contribution >= 0.6 is 27.3 Å². The van der Waals surface area contributed by atoms with Crippen LogP contribution in [0.25, 0.3) is 0 Å². The zero-order chi connectivity index (χ0) is 11.4. The molecule has 1 aromatic heterocycles. The summed E-state index contributed by atoms with van der Waals surface area (Å²) in [6.45, 7) is 2.21. The molecule has 0 saturated heterocycles. The molecule has 2 rings (SSSR count). The van der Waals surface area contributed by atoms with Crippen LogP contribution in [0.1, 0.15) is 34.9 Å². The lowest BCUT2D eigenvalue weighted by atomic mass is 10.0. The number of thiophene rings is 1. The van der Waals surface area contributed by atoms with Crippen LogP contribution in [0.2, 0.25) is 0 Å². The van der Waals surface area contributed by atoms with Crippen molar-refractivity contribution in [3.8, 4) is 0 Å². The minimum absolute atomic E-state index is 0.328. The molecule has 1 aromatic carbocycles. The Morgan fingerprint density at radius 3 is 2.44 bits per heavy atom. The van der Waals surface area contributed by atoms with Gasteiger partial charge in [0.1, 0.15) is 0 Å². The van der Waals surface area contributed by atoms with Crippen molar-refractivity contribution in [3.63, 3.8) is 0 Å². The van der Waals surface area contributed by atoms with E-state index in [2.05, 4.69) is 63.9 Å². The van der Waals surface area contributed by atoms with Crippen molar-refractivity contribution in [1.82, 2.24) is 0 Å². The first kappa shape index (κ1) is 11.9. The number of rotatable bonds is 4. The standard InChI is InChI=1S/C14H15BrS/c1-2-3-11-4-6-12(7-5-11)14(15)13-8-9-16-10-13/h4-10,14H,2-3H2,1H3. The summed E-state index contributed by atoms with van der Waals surface area (Å²) in [5.41, 5.74) is 4.10. The lowest BCUT2D eigenvalue weighted by Crippen LogP contribution is -1.91. The van der Waals surface area contributed by atoms with Gasteiger partial charge in [0.2, 0.25) is 0 Å². The van der Waals surface area contributed by atoms with Gasteiger partial charge in [-0.1, -0.05) is 53.5 Å². The Morgan fingerprint density at radius 1 is 1.12 bits per heavy atom. The highest BCUT2D eigenvalue weighted by Gasteiger charge is 2.09. The quantitative estimate of drug-likeness (QED) is 0.681. The van der Waals surface area contributed by atoms with Crippen molar-refractivity contribution < 1.29 is 0 Å². The van der Waals surface area contributed by atoms with E-state index in [4.69, 9.17) is 0 Å². The topological polar surface area (TPSA) is 0 Å². The highest BCUT2D eigenvalue weighted by atomic mass is 79.9. The van der Waals surface area contributed by atoms with Gasteiger partial charge in [-0.25, -0.2) is 0 Å². The average molecular weight is 295 g/mol. The van der Waals surface area contributed by atoms with Crippen molar-refractivity contribution in [2.45, 2.75) is 24.6 Å². The largest absolute Gasteiger partial charge is 0.152 e. The summed E-state index contributed by atoms with van der Waals surface area (Å²) in [6, 6.07) is 11.1. The zero-order valence-corrected chi connectivity index (χ0v) is 11.7. The summed E-state index contributed by atoms with van der Waals surface area (Å²) in [5.74, 6) is 0. The van der Waals surface area contributed by atoms with Crippen molar-refractivity contribution in [3.05, 3.63) is 57.8 Å². The van der Waals surface area contributed by atoms with Crippen LogP contribution in [-0.2, 0) is 6.42 Å². The van der Waals surface area contributed by atoms with E-state index in [1.54, 1.807) is 11.3 Å². The molecule has 0 fully saturated rings. The van der Waals surface area contributed by atoms with Crippen molar-refractivity contribution in [1.29, 1.82) is 0 Å². The first-order valence-electron chi connectivity index (χ1n) is 5.56. The minimum Gasteiger partial charge on any atom is -0.152 e. The Labute approximate surface area is 109 Å². The normalized spacial score (nSPS) is 12.6. The van der Waals surface area contributed by atoms with Gasteiger partial charge in [0.15, 0.2) is 0 Å². The van der Waals surface area contributed by atoms with Gasteiger partial charge in [-0.15, -0.1) is 0 Å². The van der Waals surface area contributed by atoms with E-state index < -0.39 is 0 Å². The maximum absolute atomic E-state index is 3.74. The average Bonchev–Trinajstić information content (AvgIpc) is 2.83. The fourth-order valence-corrected chi connectivity index (χ4v) is 3.20. The molecule has 0 N–H and O–H groups in total. The van der Waals surface area contributed by atoms with E-state index >= 15 is 0 Å². The lowest BCUT2D eigenvalue weighted by molar-refractivity contribution is 0.920. The number of aryl methyl sites for hydroxylation is 1. The summed E-state index contributed by atoms with van der Waals surface area (Å²) in [7, 11) is 0. The van der Waals surface area contributed by atoms with Crippen LogP contribution in [0.4, 0.5) is 0 Å². The highest BCUT2D eigenvalue weighted by Crippen LogP contribution is 2.32. The van der Waals surface area contributed by atoms with E-state index in [1.807, 2.05) is 0 Å². The summed E-state index contributed by atoms with van der Waals surface area (Å²) >= 11 is 5.49. The molecule has 1 heterocycles. The van der Waals surface area contributed by atoms with Crippen molar-refractivity contribution in [2.24, 2.45) is 0 Å². The third-order valence-corrected chi connectivity index (χ3v) is 4.41. The van der Waals surface area contributed by atoms with Gasteiger partial charge in [0.25, 0.3) is 0 Å². The molecule has 0 radical (unpaired) electrons. The van der Waals surface area contributed by atoms with E-state index in [1.165, 1.54) is 29.5 Å². The molecule has 1 unspecified atom stereocenters. The molecule has 2 aromatic rings. The Hall–Kier alpha value is -0.600. The first-order chi connectivity index (χ1) is 7.81. The molecule has 2 heteroatoms. The molecule has 0 amide bonds. The summed E-state index contributed by atoms with van der Waals surface area (Å²) < 4.78 is 0. The minimum atomic E-state index is 0.328. The Bertz CT molecular complexity index is 417. The summed E-state index contributed by atoms with van der Waals surface area (Å²) in [5, 5.41) is 4.31. The summed E-state index contributed by atoms with van der Waals surface area (Å²) in [6.07, 6.45) is 2.38. The van der Waals surface area contributed by atoms with Gasteiger partial charge in [0.05, 0.1) is 4.83 Å². The second kappa shape index (κ2) is 5.65. The van der Waals surface area contributed by atoms with E-state index in [9.17, 15) is 0 Å². The number of hydrogen-bond acceptors (Lipinski definition) is 1. The number of benzene rings is 1. The van der Waals surface area contributed by atoms with E-state index in [0.717, 1.165) is 0 Å². The van der Waals surface area contributed by atoms with Crippen LogP contribution in [0, 0.1) is 0 Å². The first-order valence-corrected chi connectivity index (χ1v) is 7.42. The fraction of sp³-hybridized carbons (Fsp3) is 0.286. The van der Waals surface area contributed by atoms with Gasteiger partial charge < -0.3 is 0 Å². The van der Waals surface area contributed by atoms with Crippen molar-refractivity contribution >= 4 is 27.3 Å². The van der Waals surface area contributed by atoms with E-state index in [-0.39, 0.29) is 0 Å². The SMILES string of the molecule is CCCc1ccc(C(Br)c2ccsc2)cc1. The molecular weight excluding hydrogens is 280 g/mol. The Kier molecular flexibility index (Phi) is 4.19. The second-order valence-corrected chi connectivity index (χ2v) is 5.61. The number of hydrogen-bond donors (Lipinski definition) is 0.